The monoisotopic (exact) mass is 843 g/mol. The van der Waals surface area contributed by atoms with Crippen molar-refractivity contribution in [1.29, 1.82) is 0 Å². The number of nitrogens with one attached hydrogen (secondary N) is 1. The summed E-state index contributed by atoms with van der Waals surface area (Å²) >= 11 is 6.31. The highest BCUT2D eigenvalue weighted by atomic mass is 35.5. The number of carbonyl (C=O) groups is 4. The van der Waals surface area contributed by atoms with E-state index in [1.165, 1.54) is 0 Å². The Bertz CT molecular complexity index is 2610. The van der Waals surface area contributed by atoms with Crippen molar-refractivity contribution in [3.63, 3.8) is 0 Å². The topological polar surface area (TPSA) is 102 Å². The highest BCUT2D eigenvalue weighted by Gasteiger charge is 2.47. The lowest BCUT2D eigenvalue weighted by Gasteiger charge is -2.39. The zero-order chi connectivity index (χ0) is 48.9. The van der Waals surface area contributed by atoms with Gasteiger partial charge in [0.1, 0.15) is 18.4 Å². The standard InChI is InChI=1S/C47H48ClF2N5O5/c48-20-17-36(32-7-3-1-4-8-32)41(33-9-5-2-6-10-33)34-11-13-35(14-12-34)60-28-27-52-21-18-31(19-22-52)30-53-23-25-54(26-24-53)39-29-37-42(44(50)43(39)49)47(59)55(46(37)58)38-15-16-40(56)51-45(38)57/h1-14,29,31,38H,15-28,30H2,(H,51,56,57)/i23D2,24D2,25D2,26D2. The lowest BCUT2D eigenvalue weighted by Crippen LogP contribution is -2.54. The molecule has 4 aromatic rings. The van der Waals surface area contributed by atoms with E-state index in [4.69, 9.17) is 27.3 Å². The normalized spacial score (nSPS) is 25.0. The van der Waals surface area contributed by atoms with Crippen molar-refractivity contribution < 1.29 is 43.7 Å². The van der Waals surface area contributed by atoms with E-state index in [0.29, 0.717) is 73.0 Å². The van der Waals surface area contributed by atoms with Gasteiger partial charge >= 0.3 is 0 Å². The summed E-state index contributed by atoms with van der Waals surface area (Å²) < 4.78 is 110. The van der Waals surface area contributed by atoms with E-state index < -0.39 is 96.6 Å². The van der Waals surface area contributed by atoms with Gasteiger partial charge in [-0.3, -0.25) is 39.2 Å². The van der Waals surface area contributed by atoms with Gasteiger partial charge in [0, 0.05) is 56.9 Å². The lowest BCUT2D eigenvalue weighted by molar-refractivity contribution is -0.136. The third-order valence-corrected chi connectivity index (χ3v) is 11.4. The van der Waals surface area contributed by atoms with Crippen LogP contribution in [0.5, 0.6) is 5.75 Å². The average Bonchev–Trinajstić information content (AvgIpc) is 3.55. The lowest BCUT2D eigenvalue weighted by atomic mass is 9.88. The molecule has 8 rings (SSSR count). The number of amides is 4. The molecule has 60 heavy (non-hydrogen) atoms. The second kappa shape index (κ2) is 18.5. The zero-order valence-electron chi connectivity index (χ0n) is 40.6. The van der Waals surface area contributed by atoms with E-state index in [1.807, 2.05) is 66.0 Å². The van der Waals surface area contributed by atoms with Crippen LogP contribution in [0.4, 0.5) is 14.5 Å². The summed E-state index contributed by atoms with van der Waals surface area (Å²) in [4.78, 5) is 53.8. The van der Waals surface area contributed by atoms with E-state index in [2.05, 4.69) is 29.2 Å². The van der Waals surface area contributed by atoms with Crippen LogP contribution in [0.25, 0.3) is 11.1 Å². The number of imide groups is 2. The van der Waals surface area contributed by atoms with Crippen LogP contribution >= 0.6 is 11.6 Å². The van der Waals surface area contributed by atoms with Gasteiger partial charge in [-0.05, 0) is 90.7 Å². The number of halogens is 3. The van der Waals surface area contributed by atoms with Gasteiger partial charge in [-0.1, -0.05) is 72.8 Å². The Balaban J connectivity index is 0.928. The van der Waals surface area contributed by atoms with E-state index in [0.717, 1.165) is 27.8 Å². The van der Waals surface area contributed by atoms with Crippen molar-refractivity contribution >= 4 is 52.1 Å². The van der Waals surface area contributed by atoms with Crippen LogP contribution in [0, 0.1) is 17.6 Å². The van der Waals surface area contributed by atoms with Gasteiger partial charge in [-0.15, -0.1) is 11.6 Å². The first-order valence-corrected chi connectivity index (χ1v) is 20.4. The molecule has 0 saturated carbocycles. The Morgan fingerprint density at radius 3 is 2.08 bits per heavy atom. The van der Waals surface area contributed by atoms with Crippen LogP contribution in [-0.2, 0) is 9.59 Å². The zero-order valence-corrected chi connectivity index (χ0v) is 33.3. The molecule has 4 amide bonds. The number of nitrogens with zero attached hydrogens (tertiary/aromatic N) is 4. The summed E-state index contributed by atoms with van der Waals surface area (Å²) in [6, 6.07) is 27.0. The first kappa shape index (κ1) is 32.4. The fourth-order valence-electron chi connectivity index (χ4n) is 8.12. The maximum Gasteiger partial charge on any atom is 0.265 e. The molecule has 1 atom stereocenters. The molecule has 4 aromatic carbocycles. The summed E-state index contributed by atoms with van der Waals surface area (Å²) in [6.07, 6.45) is 0.910. The molecule has 312 valence electrons. The quantitative estimate of drug-likeness (QED) is 0.0886. The van der Waals surface area contributed by atoms with Gasteiger partial charge in [0.2, 0.25) is 11.8 Å². The molecule has 13 heteroatoms. The summed E-state index contributed by atoms with van der Waals surface area (Å²) in [7, 11) is 0. The highest BCUT2D eigenvalue weighted by molar-refractivity contribution is 6.24. The molecule has 10 nitrogen and oxygen atoms in total. The van der Waals surface area contributed by atoms with Gasteiger partial charge in [0.05, 0.1) is 22.3 Å². The number of ether oxygens (including phenoxy) is 1. The number of fused-ring (bicyclic) bond motifs is 1. The van der Waals surface area contributed by atoms with Crippen LogP contribution < -0.4 is 15.0 Å². The highest BCUT2D eigenvalue weighted by Crippen LogP contribution is 2.37. The number of hydrogen-bond acceptors (Lipinski definition) is 8. The molecule has 1 unspecified atom stereocenters. The molecule has 0 aromatic heterocycles. The van der Waals surface area contributed by atoms with E-state index in [1.54, 1.807) is 0 Å². The number of benzene rings is 4. The molecule has 1 N–H and O–H groups in total. The Kier molecular flexibility index (Phi) is 9.95. The Morgan fingerprint density at radius 1 is 0.783 bits per heavy atom. The van der Waals surface area contributed by atoms with E-state index in [-0.39, 0.29) is 17.7 Å². The number of hydrogen-bond donors (Lipinski definition) is 1. The molecule has 3 fully saturated rings. The molecule has 0 bridgehead atoms. The number of likely N-dealkylation sites (tertiary alicyclic amines) is 1. The van der Waals surface area contributed by atoms with Crippen molar-refractivity contribution in [1.82, 2.24) is 20.0 Å². The number of carbonyl (C=O) groups excluding carboxylic acids is 4. The Hall–Kier alpha value is -5.43. The van der Waals surface area contributed by atoms with Crippen molar-refractivity contribution in [2.45, 2.75) is 38.1 Å². The number of anilines is 1. The average molecular weight is 844 g/mol. The van der Waals surface area contributed by atoms with Crippen molar-refractivity contribution in [2.24, 2.45) is 5.92 Å². The smallest absolute Gasteiger partial charge is 0.265 e. The maximum absolute atomic E-state index is 16.1. The largest absolute Gasteiger partial charge is 0.492 e. The molecular formula is C47H48ClF2N5O5. The van der Waals surface area contributed by atoms with Gasteiger partial charge in [-0.2, -0.15) is 0 Å². The molecular weight excluding hydrogens is 788 g/mol. The van der Waals surface area contributed by atoms with E-state index >= 15 is 8.78 Å². The van der Waals surface area contributed by atoms with Crippen LogP contribution in [0.3, 0.4) is 0 Å². The summed E-state index contributed by atoms with van der Waals surface area (Å²) in [5.41, 5.74) is 1.99. The van der Waals surface area contributed by atoms with Crippen molar-refractivity contribution in [2.75, 3.05) is 69.6 Å². The SMILES string of the molecule is [2H]C1([2H])N(CC2CCN(CCOc3ccc(C(=C(CCCl)c4ccccc4)c4ccccc4)cc3)CC2)C([2H])([2H])C([2H])([2H])N(c2cc3c(c(F)c2F)C(=O)N(C2CCC(=O)NC2=O)C3=O)C1([2H])[2H]. The molecule has 4 aliphatic heterocycles. The third-order valence-electron chi connectivity index (χ3n) is 11.2. The van der Waals surface area contributed by atoms with Crippen LogP contribution in [0.2, 0.25) is 0 Å². The van der Waals surface area contributed by atoms with Gasteiger partial charge in [0.15, 0.2) is 11.6 Å². The Morgan fingerprint density at radius 2 is 1.43 bits per heavy atom. The second-order valence-corrected chi connectivity index (χ2v) is 15.3. The second-order valence-electron chi connectivity index (χ2n) is 15.0. The summed E-state index contributed by atoms with van der Waals surface area (Å²) in [5, 5.41) is 1.97. The molecule has 4 heterocycles. The van der Waals surface area contributed by atoms with E-state index in [9.17, 15) is 19.2 Å². The minimum Gasteiger partial charge on any atom is -0.492 e. The van der Waals surface area contributed by atoms with Gasteiger partial charge < -0.3 is 9.64 Å². The predicted octanol–water partition coefficient (Wildman–Crippen LogP) is 6.87. The molecule has 0 spiro atoms. The molecule has 0 radical (unpaired) electrons. The number of piperidine rings is 2. The predicted molar refractivity (Wildman–Crippen MR) is 227 cm³/mol. The maximum atomic E-state index is 16.1. The minimum atomic E-state index is -3.62. The Labute approximate surface area is 365 Å². The third kappa shape index (κ3) is 8.73. The number of rotatable bonds is 13. The van der Waals surface area contributed by atoms with Crippen LogP contribution in [-0.4, -0.2) is 109 Å². The molecule has 3 saturated heterocycles. The first-order chi connectivity index (χ1) is 32.2. The van der Waals surface area contributed by atoms with Crippen LogP contribution in [0.1, 0.15) is 80.5 Å². The minimum absolute atomic E-state index is 0.194. The van der Waals surface area contributed by atoms with Gasteiger partial charge in [-0.25, -0.2) is 8.78 Å². The van der Waals surface area contributed by atoms with Crippen LogP contribution in [0.15, 0.2) is 91.0 Å². The fourth-order valence-corrected chi connectivity index (χ4v) is 8.31. The van der Waals surface area contributed by atoms with Gasteiger partial charge in [0.25, 0.3) is 11.8 Å². The van der Waals surface area contributed by atoms with Crippen molar-refractivity contribution in [3.05, 3.63) is 130 Å². The number of allylic oxidation sites excluding steroid dienone is 1. The molecule has 0 aliphatic carbocycles. The summed E-state index contributed by atoms with van der Waals surface area (Å²) in [5.74, 6) is -7.81. The molecule has 4 aliphatic rings. The fraction of sp³-hybridized carbons (Fsp3) is 0.362. The summed E-state index contributed by atoms with van der Waals surface area (Å²) in [6.45, 7) is -12.6. The number of piperazine rings is 1. The first-order valence-electron chi connectivity index (χ1n) is 23.9. The van der Waals surface area contributed by atoms with Crippen molar-refractivity contribution in [3.8, 4) is 5.75 Å². The number of alkyl halides is 1.